The topological polar surface area (TPSA) is 35.5 Å². The monoisotopic (exact) mass is 390 g/mol. The quantitative estimate of drug-likeness (QED) is 0.801. The number of hydrogen-bond acceptors (Lipinski definition) is 3. The Balaban J connectivity index is 1.70. The van der Waals surface area contributed by atoms with E-state index in [9.17, 15) is 5.11 Å². The molecule has 3 nitrogen and oxygen atoms in total. The Kier molecular flexibility index (Phi) is 6.13. The normalized spacial score (nSPS) is 33.4. The van der Waals surface area contributed by atoms with Crippen LogP contribution in [0, 0.1) is 18.8 Å². The summed E-state index contributed by atoms with van der Waals surface area (Å²) in [5.74, 6) is 1.31. The maximum Gasteiger partial charge on any atom is 0.0759 e. The fourth-order valence-corrected chi connectivity index (χ4v) is 6.34. The number of nitrogens with one attached hydrogen (secondary N) is 1. The third kappa shape index (κ3) is 3.94. The predicted octanol–water partition coefficient (Wildman–Crippen LogP) is 4.36. The van der Waals surface area contributed by atoms with Crippen molar-refractivity contribution in [3.63, 3.8) is 0 Å². The number of aliphatic hydroxyl groups is 1. The van der Waals surface area contributed by atoms with Crippen LogP contribution in [0.3, 0.4) is 0 Å². The zero-order chi connectivity index (χ0) is 18.9. The first-order valence-electron chi connectivity index (χ1n) is 11.0. The highest BCUT2D eigenvalue weighted by atomic mass is 35.5. The molecule has 1 saturated heterocycles. The molecule has 1 aromatic carbocycles. The van der Waals surface area contributed by atoms with Crippen molar-refractivity contribution in [1.82, 2.24) is 10.2 Å². The van der Waals surface area contributed by atoms with Crippen molar-refractivity contribution in [2.24, 2.45) is 11.8 Å². The zero-order valence-electron chi connectivity index (χ0n) is 16.7. The average Bonchev–Trinajstić information content (AvgIpc) is 2.70. The fourth-order valence-electron chi connectivity index (χ4n) is 6.16. The molecule has 1 aromatic rings. The summed E-state index contributed by atoms with van der Waals surface area (Å²) >= 11 is 6.52. The first-order valence-corrected chi connectivity index (χ1v) is 11.4. The second-order valence-corrected chi connectivity index (χ2v) is 9.50. The Morgan fingerprint density at radius 2 is 1.93 bits per heavy atom. The van der Waals surface area contributed by atoms with Gasteiger partial charge >= 0.3 is 0 Å². The van der Waals surface area contributed by atoms with Crippen molar-refractivity contribution >= 4 is 11.6 Å². The van der Waals surface area contributed by atoms with Gasteiger partial charge in [-0.15, -0.1) is 0 Å². The molecule has 4 unspecified atom stereocenters. The van der Waals surface area contributed by atoms with Crippen LogP contribution in [-0.4, -0.2) is 48.3 Å². The lowest BCUT2D eigenvalue weighted by molar-refractivity contribution is -0.112. The molecule has 1 aliphatic heterocycles. The van der Waals surface area contributed by atoms with Crippen LogP contribution in [0.15, 0.2) is 18.2 Å². The van der Waals surface area contributed by atoms with Crippen LogP contribution in [0.25, 0.3) is 0 Å². The van der Waals surface area contributed by atoms with Gasteiger partial charge in [0.05, 0.1) is 5.60 Å². The minimum Gasteiger partial charge on any atom is -0.389 e. The zero-order valence-corrected chi connectivity index (χ0v) is 17.5. The average molecular weight is 391 g/mol. The Hall–Kier alpha value is -0.610. The standard InChI is InChI=1S/C23H35ClN2O/c1-17-19(8-4-10-22(17)24)21(16-26-14-12-25-13-15-26)23(27)11-5-7-18-6-2-3-9-20(18)23/h4,8,10,18,20-21,25,27H,2-3,5-7,9,11-16H2,1H3. The summed E-state index contributed by atoms with van der Waals surface area (Å²) in [4.78, 5) is 2.55. The number of fused-ring (bicyclic) bond motifs is 1. The van der Waals surface area contributed by atoms with Gasteiger partial charge in [0.15, 0.2) is 0 Å². The van der Waals surface area contributed by atoms with Crippen LogP contribution in [0.5, 0.6) is 0 Å². The molecule has 0 spiro atoms. The van der Waals surface area contributed by atoms with Gasteiger partial charge in [0.1, 0.15) is 0 Å². The third-order valence-corrected chi connectivity index (χ3v) is 8.05. The second-order valence-electron chi connectivity index (χ2n) is 9.09. The third-order valence-electron chi connectivity index (χ3n) is 7.64. The largest absolute Gasteiger partial charge is 0.389 e. The van der Waals surface area contributed by atoms with Gasteiger partial charge in [-0.05, 0) is 55.2 Å². The number of nitrogens with zero attached hydrogens (tertiary/aromatic N) is 1. The van der Waals surface area contributed by atoms with Gasteiger partial charge in [0.25, 0.3) is 0 Å². The van der Waals surface area contributed by atoms with Crippen molar-refractivity contribution in [3.05, 3.63) is 34.3 Å². The summed E-state index contributed by atoms with van der Waals surface area (Å²) in [6.07, 6.45) is 8.53. The lowest BCUT2D eigenvalue weighted by Gasteiger charge is -2.52. The summed E-state index contributed by atoms with van der Waals surface area (Å²) in [7, 11) is 0. The fraction of sp³-hybridized carbons (Fsp3) is 0.739. The highest BCUT2D eigenvalue weighted by molar-refractivity contribution is 6.31. The molecule has 4 heteroatoms. The molecule has 150 valence electrons. The van der Waals surface area contributed by atoms with Gasteiger partial charge in [-0.2, -0.15) is 0 Å². The summed E-state index contributed by atoms with van der Waals surface area (Å²) in [6, 6.07) is 6.27. The van der Waals surface area contributed by atoms with Crippen LogP contribution < -0.4 is 5.32 Å². The maximum absolute atomic E-state index is 12.2. The van der Waals surface area contributed by atoms with Crippen molar-refractivity contribution < 1.29 is 5.11 Å². The Morgan fingerprint density at radius 3 is 2.74 bits per heavy atom. The van der Waals surface area contributed by atoms with Crippen LogP contribution in [-0.2, 0) is 0 Å². The summed E-state index contributed by atoms with van der Waals surface area (Å²) in [5.41, 5.74) is 1.84. The molecule has 3 aliphatic rings. The lowest BCUT2D eigenvalue weighted by atomic mass is 9.58. The molecule has 0 radical (unpaired) electrons. The Bertz CT molecular complexity index is 643. The molecule has 3 fully saturated rings. The van der Waals surface area contributed by atoms with Crippen LogP contribution >= 0.6 is 11.6 Å². The Morgan fingerprint density at radius 1 is 1.19 bits per heavy atom. The number of benzene rings is 1. The highest BCUT2D eigenvalue weighted by Crippen LogP contribution is 2.52. The van der Waals surface area contributed by atoms with Crippen LogP contribution in [0.4, 0.5) is 0 Å². The van der Waals surface area contributed by atoms with E-state index in [2.05, 4.69) is 29.3 Å². The minimum atomic E-state index is -0.594. The number of hydrogen-bond donors (Lipinski definition) is 2. The molecular weight excluding hydrogens is 356 g/mol. The predicted molar refractivity (Wildman–Crippen MR) is 112 cm³/mol. The van der Waals surface area contributed by atoms with E-state index < -0.39 is 5.60 Å². The van der Waals surface area contributed by atoms with Crippen molar-refractivity contribution in [1.29, 1.82) is 0 Å². The van der Waals surface area contributed by atoms with E-state index in [1.54, 1.807) is 0 Å². The van der Waals surface area contributed by atoms with E-state index in [0.29, 0.717) is 11.8 Å². The molecule has 0 bridgehead atoms. The molecule has 0 amide bonds. The molecule has 1 heterocycles. The number of rotatable bonds is 4. The van der Waals surface area contributed by atoms with Gasteiger partial charge in [0, 0.05) is 43.7 Å². The minimum absolute atomic E-state index is 0.153. The molecule has 4 rings (SSSR count). The van der Waals surface area contributed by atoms with E-state index in [0.717, 1.165) is 56.2 Å². The second kappa shape index (κ2) is 8.41. The summed E-state index contributed by atoms with van der Waals surface area (Å²) < 4.78 is 0. The van der Waals surface area contributed by atoms with E-state index in [4.69, 9.17) is 11.6 Å². The lowest BCUT2D eigenvalue weighted by Crippen LogP contribution is -2.55. The van der Waals surface area contributed by atoms with Gasteiger partial charge < -0.3 is 15.3 Å². The maximum atomic E-state index is 12.2. The van der Waals surface area contributed by atoms with Gasteiger partial charge in [-0.25, -0.2) is 0 Å². The smallest absolute Gasteiger partial charge is 0.0759 e. The molecule has 2 aliphatic carbocycles. The summed E-state index contributed by atoms with van der Waals surface area (Å²) in [5, 5.41) is 16.5. The summed E-state index contributed by atoms with van der Waals surface area (Å²) in [6.45, 7) is 7.31. The van der Waals surface area contributed by atoms with Crippen molar-refractivity contribution in [2.45, 2.75) is 63.4 Å². The van der Waals surface area contributed by atoms with E-state index >= 15 is 0 Å². The first kappa shape index (κ1) is 19.7. The number of piperazine rings is 1. The van der Waals surface area contributed by atoms with Gasteiger partial charge in [0.2, 0.25) is 0 Å². The first-order chi connectivity index (χ1) is 13.1. The number of halogens is 1. The van der Waals surface area contributed by atoms with E-state index in [1.807, 2.05) is 6.07 Å². The van der Waals surface area contributed by atoms with Gasteiger partial charge in [-0.3, -0.25) is 0 Å². The van der Waals surface area contributed by atoms with Crippen LogP contribution in [0.1, 0.15) is 62.0 Å². The van der Waals surface area contributed by atoms with E-state index in [1.165, 1.54) is 37.7 Å². The SMILES string of the molecule is Cc1c(Cl)cccc1C(CN1CCNCC1)C1(O)CCCC2CCCCC21. The van der Waals surface area contributed by atoms with Crippen molar-refractivity contribution in [3.8, 4) is 0 Å². The molecular formula is C23H35ClN2O. The molecule has 4 atom stereocenters. The van der Waals surface area contributed by atoms with Crippen molar-refractivity contribution in [2.75, 3.05) is 32.7 Å². The van der Waals surface area contributed by atoms with E-state index in [-0.39, 0.29) is 5.92 Å². The van der Waals surface area contributed by atoms with Crippen LogP contribution in [0.2, 0.25) is 5.02 Å². The Labute approximate surface area is 169 Å². The molecule has 2 N–H and O–H groups in total. The molecule has 0 aromatic heterocycles. The van der Waals surface area contributed by atoms with Gasteiger partial charge in [-0.1, -0.05) is 49.4 Å². The highest BCUT2D eigenvalue weighted by Gasteiger charge is 2.50. The molecule has 2 saturated carbocycles. The molecule has 27 heavy (non-hydrogen) atoms.